The van der Waals surface area contributed by atoms with E-state index in [4.69, 9.17) is 0 Å². The number of benzene rings is 1. The van der Waals surface area contributed by atoms with Gasteiger partial charge in [0.05, 0.1) is 0 Å². The van der Waals surface area contributed by atoms with Crippen molar-refractivity contribution in [3.05, 3.63) is 35.4 Å². The molecule has 78 valence electrons. The van der Waals surface area contributed by atoms with Gasteiger partial charge in [-0.3, -0.25) is 0 Å². The van der Waals surface area contributed by atoms with E-state index in [9.17, 15) is 8.78 Å². The number of hydrogen-bond donors (Lipinski definition) is 0. The van der Waals surface area contributed by atoms with Gasteiger partial charge in [0, 0.05) is 0 Å². The van der Waals surface area contributed by atoms with Crippen LogP contribution >= 0.6 is 0 Å². The van der Waals surface area contributed by atoms with Gasteiger partial charge >= 0.3 is 0 Å². The summed E-state index contributed by atoms with van der Waals surface area (Å²) in [5.74, 6) is -1.53. The minimum absolute atomic E-state index is 0.143. The molecule has 0 aliphatic carbocycles. The Bertz CT molecular complexity index is 316. The van der Waals surface area contributed by atoms with Crippen molar-refractivity contribution in [1.82, 2.24) is 0 Å². The Morgan fingerprint density at radius 3 is 2.29 bits per heavy atom. The molecule has 0 spiro atoms. The van der Waals surface area contributed by atoms with E-state index < -0.39 is 11.6 Å². The highest BCUT2D eigenvalue weighted by Gasteiger charge is 2.16. The molecule has 0 atom stereocenters. The van der Waals surface area contributed by atoms with Crippen molar-refractivity contribution in [3.8, 4) is 0 Å². The first-order valence-corrected chi connectivity index (χ1v) is 4.88. The quantitative estimate of drug-likeness (QED) is 0.690. The van der Waals surface area contributed by atoms with E-state index in [1.165, 1.54) is 12.1 Å². The molecule has 0 fully saturated rings. The lowest BCUT2D eigenvalue weighted by atomic mass is 9.83. The van der Waals surface area contributed by atoms with Gasteiger partial charge in [-0.1, -0.05) is 33.3 Å². The minimum atomic E-state index is -0.775. The summed E-state index contributed by atoms with van der Waals surface area (Å²) in [5, 5.41) is 0. The second kappa shape index (κ2) is 4.07. The fourth-order valence-corrected chi connectivity index (χ4v) is 1.33. The Labute approximate surface area is 84.0 Å². The van der Waals surface area contributed by atoms with Crippen LogP contribution in [-0.4, -0.2) is 0 Å². The van der Waals surface area contributed by atoms with E-state index in [0.717, 1.165) is 18.4 Å². The molecule has 0 aliphatic heterocycles. The molecule has 0 N–H and O–H groups in total. The monoisotopic (exact) mass is 198 g/mol. The van der Waals surface area contributed by atoms with Crippen LogP contribution < -0.4 is 0 Å². The van der Waals surface area contributed by atoms with Crippen LogP contribution in [-0.2, 0) is 6.42 Å². The van der Waals surface area contributed by atoms with Crippen LogP contribution in [0.5, 0.6) is 0 Å². The van der Waals surface area contributed by atoms with Crippen LogP contribution in [0.15, 0.2) is 18.2 Å². The van der Waals surface area contributed by atoms with E-state index in [0.29, 0.717) is 0 Å². The van der Waals surface area contributed by atoms with Crippen LogP contribution in [0.1, 0.15) is 32.8 Å². The zero-order valence-electron chi connectivity index (χ0n) is 8.90. The molecule has 1 aromatic rings. The Morgan fingerprint density at radius 1 is 1.14 bits per heavy atom. The molecule has 0 saturated heterocycles. The van der Waals surface area contributed by atoms with E-state index in [1.54, 1.807) is 6.07 Å². The highest BCUT2D eigenvalue weighted by molar-refractivity contribution is 5.18. The van der Waals surface area contributed by atoms with Gasteiger partial charge in [-0.15, -0.1) is 0 Å². The van der Waals surface area contributed by atoms with Crippen LogP contribution in [0.2, 0.25) is 0 Å². The topological polar surface area (TPSA) is 0 Å². The lowest BCUT2D eigenvalue weighted by Gasteiger charge is -2.22. The maximum Gasteiger partial charge on any atom is 0.159 e. The maximum absolute atomic E-state index is 12.9. The van der Waals surface area contributed by atoms with Crippen molar-refractivity contribution in [1.29, 1.82) is 0 Å². The fourth-order valence-electron chi connectivity index (χ4n) is 1.33. The number of hydrogen-bond acceptors (Lipinski definition) is 0. The maximum atomic E-state index is 12.9. The molecule has 1 rings (SSSR count). The van der Waals surface area contributed by atoms with Gasteiger partial charge in [-0.2, -0.15) is 0 Å². The molecule has 0 amide bonds. The summed E-state index contributed by atoms with van der Waals surface area (Å²) in [5.41, 5.74) is 1.00. The molecule has 0 aromatic heterocycles. The summed E-state index contributed by atoms with van der Waals surface area (Å²) in [6.45, 7) is 6.34. The molecule has 0 saturated carbocycles. The summed E-state index contributed by atoms with van der Waals surface area (Å²) in [7, 11) is 0. The molecule has 0 aliphatic rings. The van der Waals surface area contributed by atoms with Crippen LogP contribution in [0.25, 0.3) is 0 Å². The third-order valence-electron chi connectivity index (χ3n) is 2.62. The van der Waals surface area contributed by atoms with Gasteiger partial charge in [0.2, 0.25) is 0 Å². The molecule has 0 radical (unpaired) electrons. The Morgan fingerprint density at radius 2 is 1.79 bits per heavy atom. The van der Waals surface area contributed by atoms with E-state index >= 15 is 0 Å². The average Bonchev–Trinajstić information content (AvgIpc) is 2.11. The van der Waals surface area contributed by atoms with Crippen molar-refractivity contribution >= 4 is 0 Å². The predicted octanol–water partition coefficient (Wildman–Crippen LogP) is 3.94. The Hall–Kier alpha value is -0.920. The first kappa shape index (κ1) is 11.2. The molecular formula is C12H16F2. The molecular weight excluding hydrogens is 182 g/mol. The van der Waals surface area contributed by atoms with Crippen LogP contribution in [0.3, 0.4) is 0 Å². The van der Waals surface area contributed by atoms with Crippen LogP contribution in [0.4, 0.5) is 8.78 Å². The smallest absolute Gasteiger partial charge is 0.159 e. The van der Waals surface area contributed by atoms with E-state index in [1.807, 2.05) is 0 Å². The summed E-state index contributed by atoms with van der Waals surface area (Å²) in [6.07, 6.45) is 1.80. The summed E-state index contributed by atoms with van der Waals surface area (Å²) in [4.78, 5) is 0. The second-order valence-corrected chi connectivity index (χ2v) is 4.44. The second-order valence-electron chi connectivity index (χ2n) is 4.44. The Kier molecular flexibility index (Phi) is 3.25. The summed E-state index contributed by atoms with van der Waals surface area (Å²) < 4.78 is 25.5. The van der Waals surface area contributed by atoms with Gasteiger partial charge < -0.3 is 0 Å². The lowest BCUT2D eigenvalue weighted by molar-refractivity contribution is 0.348. The van der Waals surface area contributed by atoms with Crippen LogP contribution in [0, 0.1) is 17.0 Å². The Balaban J connectivity index is 2.83. The van der Waals surface area contributed by atoms with E-state index in [-0.39, 0.29) is 5.41 Å². The molecule has 0 heterocycles. The first-order valence-electron chi connectivity index (χ1n) is 4.88. The molecule has 0 unspecified atom stereocenters. The van der Waals surface area contributed by atoms with Gasteiger partial charge in [0.15, 0.2) is 11.6 Å². The van der Waals surface area contributed by atoms with Crippen molar-refractivity contribution < 1.29 is 8.78 Å². The zero-order valence-corrected chi connectivity index (χ0v) is 8.90. The number of halogens is 2. The van der Waals surface area contributed by atoms with Gasteiger partial charge in [0.1, 0.15) is 0 Å². The highest BCUT2D eigenvalue weighted by atomic mass is 19.2. The van der Waals surface area contributed by atoms with Crippen molar-refractivity contribution in [2.24, 2.45) is 5.41 Å². The average molecular weight is 198 g/mol. The van der Waals surface area contributed by atoms with Crippen molar-refractivity contribution in [2.75, 3.05) is 0 Å². The fraction of sp³-hybridized carbons (Fsp3) is 0.500. The molecule has 2 heteroatoms. The normalized spacial score (nSPS) is 11.8. The molecule has 0 bridgehead atoms. The number of rotatable bonds is 3. The zero-order chi connectivity index (χ0) is 10.8. The van der Waals surface area contributed by atoms with Crippen molar-refractivity contribution in [3.63, 3.8) is 0 Å². The summed E-state index contributed by atoms with van der Waals surface area (Å²) >= 11 is 0. The third-order valence-corrected chi connectivity index (χ3v) is 2.62. The molecule has 14 heavy (non-hydrogen) atoms. The molecule has 1 aromatic carbocycles. The third kappa shape index (κ3) is 2.79. The minimum Gasteiger partial charge on any atom is -0.204 e. The van der Waals surface area contributed by atoms with Gasteiger partial charge in [-0.25, -0.2) is 8.78 Å². The summed E-state index contributed by atoms with van der Waals surface area (Å²) in [6, 6.07) is 4.12. The molecule has 0 nitrogen and oxygen atoms in total. The van der Waals surface area contributed by atoms with E-state index in [2.05, 4.69) is 20.8 Å². The van der Waals surface area contributed by atoms with Crippen molar-refractivity contribution in [2.45, 2.75) is 33.6 Å². The lowest BCUT2D eigenvalue weighted by Crippen LogP contribution is -2.13. The van der Waals surface area contributed by atoms with Gasteiger partial charge in [-0.05, 0) is 29.5 Å². The highest BCUT2D eigenvalue weighted by Crippen LogP contribution is 2.25. The van der Waals surface area contributed by atoms with Gasteiger partial charge in [0.25, 0.3) is 0 Å². The predicted molar refractivity (Wildman–Crippen MR) is 54.1 cm³/mol. The first-order chi connectivity index (χ1) is 6.44. The largest absolute Gasteiger partial charge is 0.204 e. The standard InChI is InChI=1S/C12H16F2/c1-4-12(2,3)8-9-5-6-10(13)11(14)7-9/h5-7H,4,8H2,1-3H3. The SMILES string of the molecule is CCC(C)(C)Cc1ccc(F)c(F)c1.